The summed E-state index contributed by atoms with van der Waals surface area (Å²) < 4.78 is 2.06. The van der Waals surface area contributed by atoms with Gasteiger partial charge in [-0.1, -0.05) is 30.3 Å². The Balaban J connectivity index is 0.00000392. The van der Waals surface area contributed by atoms with E-state index in [9.17, 15) is 0 Å². The van der Waals surface area contributed by atoms with Crippen molar-refractivity contribution in [3.8, 4) is 0 Å². The summed E-state index contributed by atoms with van der Waals surface area (Å²) in [6.07, 6.45) is 2.01. The van der Waals surface area contributed by atoms with Crippen molar-refractivity contribution in [1.29, 1.82) is 0 Å². The fourth-order valence-electron chi connectivity index (χ4n) is 3.10. The van der Waals surface area contributed by atoms with Gasteiger partial charge in [0.2, 0.25) is 0 Å². The summed E-state index contributed by atoms with van der Waals surface area (Å²) in [5, 5.41) is 11.4. The van der Waals surface area contributed by atoms with E-state index in [-0.39, 0.29) is 24.0 Å². The zero-order chi connectivity index (χ0) is 19.6. The van der Waals surface area contributed by atoms with Gasteiger partial charge in [0.1, 0.15) is 0 Å². The predicted octanol–water partition coefficient (Wildman–Crippen LogP) is 2.85. The summed E-state index contributed by atoms with van der Waals surface area (Å²) >= 11 is 0. The minimum absolute atomic E-state index is 0. The van der Waals surface area contributed by atoms with Gasteiger partial charge in [-0.25, -0.2) is 0 Å². The molecule has 0 aliphatic carbocycles. The molecule has 1 aromatic heterocycles. The summed E-state index contributed by atoms with van der Waals surface area (Å²) in [4.78, 5) is 6.61. The second kappa shape index (κ2) is 12.8. The van der Waals surface area contributed by atoms with E-state index in [0.717, 1.165) is 44.1 Å². The molecule has 0 spiro atoms. The van der Waals surface area contributed by atoms with Gasteiger partial charge in [0.25, 0.3) is 0 Å². The van der Waals surface area contributed by atoms with E-state index < -0.39 is 0 Å². The smallest absolute Gasteiger partial charge is 0.191 e. The molecule has 2 N–H and O–H groups in total. The Kier molecular flexibility index (Phi) is 11.1. The van der Waals surface area contributed by atoms with E-state index >= 15 is 0 Å². The SMILES string of the molecule is CN=C(NCCCn1nc(C)cc1C)NCC(Cc1ccccc1)N(C)C.I. The lowest BCUT2D eigenvalue weighted by molar-refractivity contribution is 0.290. The molecule has 0 bridgehead atoms. The van der Waals surface area contributed by atoms with Crippen molar-refractivity contribution in [1.82, 2.24) is 25.3 Å². The van der Waals surface area contributed by atoms with E-state index in [2.05, 4.69) is 87.7 Å². The maximum atomic E-state index is 4.50. The molecule has 2 rings (SSSR count). The van der Waals surface area contributed by atoms with Crippen LogP contribution in [-0.2, 0) is 13.0 Å². The predicted molar refractivity (Wildman–Crippen MR) is 129 cm³/mol. The van der Waals surface area contributed by atoms with Crippen LogP contribution in [0.4, 0.5) is 0 Å². The number of aliphatic imine (C=N–C) groups is 1. The van der Waals surface area contributed by atoms with Crippen LogP contribution >= 0.6 is 24.0 Å². The number of nitrogens with one attached hydrogen (secondary N) is 2. The minimum atomic E-state index is 0. The maximum absolute atomic E-state index is 4.50. The molecule has 0 aliphatic heterocycles. The largest absolute Gasteiger partial charge is 0.356 e. The number of likely N-dealkylation sites (N-methyl/N-ethyl adjacent to an activating group) is 1. The number of halogens is 1. The van der Waals surface area contributed by atoms with E-state index in [1.165, 1.54) is 11.3 Å². The van der Waals surface area contributed by atoms with Crippen LogP contribution in [-0.4, -0.2) is 60.9 Å². The Hall–Kier alpha value is -1.61. The van der Waals surface area contributed by atoms with Crippen molar-refractivity contribution < 1.29 is 0 Å². The van der Waals surface area contributed by atoms with Crippen molar-refractivity contribution in [3.63, 3.8) is 0 Å². The summed E-state index contributed by atoms with van der Waals surface area (Å²) in [7, 11) is 6.07. The second-order valence-electron chi connectivity index (χ2n) is 7.19. The lowest BCUT2D eigenvalue weighted by Gasteiger charge is -2.25. The first-order valence-corrected chi connectivity index (χ1v) is 9.65. The van der Waals surface area contributed by atoms with Gasteiger partial charge in [0.15, 0.2) is 5.96 Å². The van der Waals surface area contributed by atoms with Crippen molar-refractivity contribution >= 4 is 29.9 Å². The van der Waals surface area contributed by atoms with Crippen LogP contribution in [0.3, 0.4) is 0 Å². The Morgan fingerprint density at radius 1 is 1.18 bits per heavy atom. The molecule has 1 atom stereocenters. The van der Waals surface area contributed by atoms with Gasteiger partial charge in [-0.3, -0.25) is 9.67 Å². The zero-order valence-electron chi connectivity index (χ0n) is 17.8. The summed E-state index contributed by atoms with van der Waals surface area (Å²) in [5.74, 6) is 0.850. The van der Waals surface area contributed by atoms with Crippen LogP contribution in [0.2, 0.25) is 0 Å². The Labute approximate surface area is 186 Å². The van der Waals surface area contributed by atoms with Crippen LogP contribution in [0.25, 0.3) is 0 Å². The van der Waals surface area contributed by atoms with Gasteiger partial charge in [0, 0.05) is 38.4 Å². The fourth-order valence-corrected chi connectivity index (χ4v) is 3.10. The Morgan fingerprint density at radius 3 is 2.46 bits per heavy atom. The molecule has 1 aromatic carbocycles. The normalized spacial score (nSPS) is 12.6. The number of benzene rings is 1. The standard InChI is InChI=1S/C21H34N6.HI/c1-17-14-18(2)27(25-17)13-9-12-23-21(22-3)24-16-20(26(4)5)15-19-10-7-6-8-11-19;/h6-8,10-11,14,20H,9,12-13,15-16H2,1-5H3,(H2,22,23,24);1H. The van der Waals surface area contributed by atoms with E-state index in [1.54, 1.807) is 0 Å². The van der Waals surface area contributed by atoms with Crippen molar-refractivity contribution in [3.05, 3.63) is 53.3 Å². The van der Waals surface area contributed by atoms with Gasteiger partial charge < -0.3 is 15.5 Å². The summed E-state index contributed by atoms with van der Waals surface area (Å²) in [5.41, 5.74) is 3.64. The molecule has 7 heteroatoms. The molecule has 6 nitrogen and oxygen atoms in total. The molecule has 156 valence electrons. The zero-order valence-corrected chi connectivity index (χ0v) is 20.1. The molecule has 0 saturated heterocycles. The fraction of sp³-hybridized carbons (Fsp3) is 0.524. The van der Waals surface area contributed by atoms with Gasteiger partial charge in [0.05, 0.1) is 5.69 Å². The highest BCUT2D eigenvalue weighted by atomic mass is 127. The third-order valence-electron chi connectivity index (χ3n) is 4.72. The third-order valence-corrected chi connectivity index (χ3v) is 4.72. The first kappa shape index (κ1) is 24.4. The number of aromatic nitrogens is 2. The van der Waals surface area contributed by atoms with Gasteiger partial charge in [-0.2, -0.15) is 5.10 Å². The Bertz CT molecular complexity index is 711. The molecule has 0 amide bonds. The van der Waals surface area contributed by atoms with Crippen LogP contribution in [0, 0.1) is 13.8 Å². The van der Waals surface area contributed by atoms with E-state index in [4.69, 9.17) is 0 Å². The Morgan fingerprint density at radius 2 is 1.89 bits per heavy atom. The third kappa shape index (κ3) is 8.18. The van der Waals surface area contributed by atoms with E-state index in [0.29, 0.717) is 6.04 Å². The highest BCUT2D eigenvalue weighted by Crippen LogP contribution is 2.06. The van der Waals surface area contributed by atoms with Crippen LogP contribution < -0.4 is 10.6 Å². The number of aryl methyl sites for hydroxylation is 3. The van der Waals surface area contributed by atoms with Crippen LogP contribution in [0.15, 0.2) is 41.4 Å². The molecule has 1 unspecified atom stereocenters. The average Bonchev–Trinajstić information content (AvgIpc) is 2.97. The minimum Gasteiger partial charge on any atom is -0.356 e. The molecule has 0 radical (unpaired) electrons. The van der Waals surface area contributed by atoms with Gasteiger partial charge in [-0.15, -0.1) is 24.0 Å². The summed E-state index contributed by atoms with van der Waals surface area (Å²) in [6.45, 7) is 6.76. The highest BCUT2D eigenvalue weighted by Gasteiger charge is 2.13. The molecule has 0 aliphatic rings. The number of rotatable bonds is 9. The van der Waals surface area contributed by atoms with Gasteiger partial charge in [-0.05, 0) is 52.4 Å². The van der Waals surface area contributed by atoms with Crippen LogP contribution in [0.1, 0.15) is 23.4 Å². The monoisotopic (exact) mass is 498 g/mol. The molecule has 28 heavy (non-hydrogen) atoms. The van der Waals surface area contributed by atoms with Crippen molar-refractivity contribution in [2.24, 2.45) is 4.99 Å². The second-order valence-corrected chi connectivity index (χ2v) is 7.19. The number of hydrogen-bond donors (Lipinski definition) is 2. The van der Waals surface area contributed by atoms with Gasteiger partial charge >= 0.3 is 0 Å². The molecular formula is C21H35IN6. The lowest BCUT2D eigenvalue weighted by atomic mass is 10.1. The molecule has 1 heterocycles. The van der Waals surface area contributed by atoms with Crippen molar-refractivity contribution in [2.75, 3.05) is 34.2 Å². The molecule has 0 saturated carbocycles. The number of guanidine groups is 1. The van der Waals surface area contributed by atoms with E-state index in [1.807, 2.05) is 14.0 Å². The molecule has 0 fully saturated rings. The average molecular weight is 498 g/mol. The first-order chi connectivity index (χ1) is 13.0. The maximum Gasteiger partial charge on any atom is 0.191 e. The first-order valence-electron chi connectivity index (χ1n) is 9.65. The number of hydrogen-bond acceptors (Lipinski definition) is 3. The summed E-state index contributed by atoms with van der Waals surface area (Å²) in [6, 6.07) is 13.1. The topological polar surface area (TPSA) is 57.5 Å². The highest BCUT2D eigenvalue weighted by molar-refractivity contribution is 14.0. The molecular weight excluding hydrogens is 463 g/mol. The lowest BCUT2D eigenvalue weighted by Crippen LogP contribution is -2.46. The number of nitrogens with zero attached hydrogens (tertiary/aromatic N) is 4. The molecule has 2 aromatic rings. The quantitative estimate of drug-likeness (QED) is 0.242. The van der Waals surface area contributed by atoms with Crippen molar-refractivity contribution in [2.45, 2.75) is 39.3 Å². The van der Waals surface area contributed by atoms with Crippen LogP contribution in [0.5, 0.6) is 0 Å².